The Morgan fingerprint density at radius 3 is 2.44 bits per heavy atom. The van der Waals surface area contributed by atoms with E-state index in [0.717, 1.165) is 49.0 Å². The van der Waals surface area contributed by atoms with Crippen LogP contribution in [0.15, 0.2) is 42.5 Å². The van der Waals surface area contributed by atoms with E-state index in [1.165, 1.54) is 5.56 Å². The van der Waals surface area contributed by atoms with Crippen molar-refractivity contribution in [2.75, 3.05) is 36.5 Å². The van der Waals surface area contributed by atoms with Crippen molar-refractivity contribution < 1.29 is 14.3 Å². The zero-order valence-corrected chi connectivity index (χ0v) is 16.3. The van der Waals surface area contributed by atoms with Gasteiger partial charge in [0.25, 0.3) is 5.91 Å². The number of carbonyl (C=O) groups is 1. The lowest BCUT2D eigenvalue weighted by molar-refractivity contribution is -0.122. The van der Waals surface area contributed by atoms with E-state index in [-0.39, 0.29) is 5.91 Å². The molecule has 1 saturated heterocycles. The quantitative estimate of drug-likeness (QED) is 0.839. The van der Waals surface area contributed by atoms with Crippen molar-refractivity contribution in [2.45, 2.75) is 33.3 Å². The molecule has 5 nitrogen and oxygen atoms in total. The average Bonchev–Trinajstić information content (AvgIpc) is 2.70. The van der Waals surface area contributed by atoms with E-state index in [2.05, 4.69) is 17.1 Å². The fourth-order valence-corrected chi connectivity index (χ4v) is 3.07. The van der Waals surface area contributed by atoms with Gasteiger partial charge in [-0.25, -0.2) is 0 Å². The number of carbonyl (C=O) groups excluding carboxylic acids is 1. The number of ether oxygens (including phenoxy) is 2. The van der Waals surface area contributed by atoms with Crippen molar-refractivity contribution in [1.29, 1.82) is 0 Å². The minimum atomic E-state index is -0.522. The fraction of sp³-hybridized carbons (Fsp3) is 0.409. The zero-order chi connectivity index (χ0) is 19.2. The van der Waals surface area contributed by atoms with Crippen LogP contribution in [0, 0.1) is 13.8 Å². The van der Waals surface area contributed by atoms with Crippen LogP contribution in [0.3, 0.4) is 0 Å². The lowest BCUT2D eigenvalue weighted by Crippen LogP contribution is -2.36. The molecule has 144 valence electrons. The molecule has 3 rings (SSSR count). The minimum absolute atomic E-state index is 0.130. The molecule has 1 unspecified atom stereocenters. The molecule has 1 N–H and O–H groups in total. The first-order chi connectivity index (χ1) is 13.1. The van der Waals surface area contributed by atoms with Crippen molar-refractivity contribution in [1.82, 2.24) is 0 Å². The summed E-state index contributed by atoms with van der Waals surface area (Å²) in [6.45, 7) is 9.36. The highest BCUT2D eigenvalue weighted by atomic mass is 16.5. The van der Waals surface area contributed by atoms with Crippen LogP contribution in [0.4, 0.5) is 11.4 Å². The fourth-order valence-electron chi connectivity index (χ4n) is 3.07. The number of nitrogens with zero attached hydrogens (tertiary/aromatic N) is 1. The standard InChI is InChI=1S/C22H28N2O3/c1-4-21(27-20-10-5-16(2)17(3)15-20)22(25)23-18-6-8-19(9-7-18)24-11-13-26-14-12-24/h5-10,15,21H,4,11-14H2,1-3H3,(H,23,25). The third kappa shape index (κ3) is 5.01. The largest absolute Gasteiger partial charge is 0.481 e. The number of aryl methyl sites for hydroxylation is 2. The molecule has 2 aromatic carbocycles. The van der Waals surface area contributed by atoms with Gasteiger partial charge in [0.15, 0.2) is 6.10 Å². The Balaban J connectivity index is 1.61. The van der Waals surface area contributed by atoms with Crippen LogP contribution >= 0.6 is 0 Å². The van der Waals surface area contributed by atoms with E-state index < -0.39 is 6.10 Å². The molecule has 5 heteroatoms. The molecule has 0 saturated carbocycles. The molecule has 1 aliphatic rings. The molecule has 0 radical (unpaired) electrons. The van der Waals surface area contributed by atoms with Gasteiger partial charge in [0, 0.05) is 24.5 Å². The molecule has 27 heavy (non-hydrogen) atoms. The smallest absolute Gasteiger partial charge is 0.265 e. The van der Waals surface area contributed by atoms with Gasteiger partial charge in [-0.3, -0.25) is 4.79 Å². The van der Waals surface area contributed by atoms with E-state index in [1.54, 1.807) is 0 Å². The normalized spacial score (nSPS) is 15.3. The first-order valence-electron chi connectivity index (χ1n) is 9.54. The van der Waals surface area contributed by atoms with Gasteiger partial charge in [0.2, 0.25) is 0 Å². The first kappa shape index (κ1) is 19.2. The Labute approximate surface area is 161 Å². The molecule has 2 aromatic rings. The highest BCUT2D eigenvalue weighted by Gasteiger charge is 2.19. The molecule has 1 amide bonds. The lowest BCUT2D eigenvalue weighted by atomic mass is 10.1. The van der Waals surface area contributed by atoms with Gasteiger partial charge in [-0.2, -0.15) is 0 Å². The first-order valence-corrected chi connectivity index (χ1v) is 9.54. The number of hydrogen-bond acceptors (Lipinski definition) is 4. The van der Waals surface area contributed by atoms with Gasteiger partial charge in [0.05, 0.1) is 13.2 Å². The van der Waals surface area contributed by atoms with Gasteiger partial charge in [-0.15, -0.1) is 0 Å². The Kier molecular flexibility index (Phi) is 6.35. The molecular formula is C22H28N2O3. The van der Waals surface area contributed by atoms with Crippen LogP contribution in [0.1, 0.15) is 24.5 Å². The monoisotopic (exact) mass is 368 g/mol. The Morgan fingerprint density at radius 2 is 1.81 bits per heavy atom. The number of amides is 1. The van der Waals surface area contributed by atoms with Crippen LogP contribution in [0.2, 0.25) is 0 Å². The number of rotatable bonds is 6. The number of hydrogen-bond donors (Lipinski definition) is 1. The summed E-state index contributed by atoms with van der Waals surface area (Å²) in [5, 5.41) is 2.96. The van der Waals surface area contributed by atoms with Crippen LogP contribution in [0.25, 0.3) is 0 Å². The SMILES string of the molecule is CCC(Oc1ccc(C)c(C)c1)C(=O)Nc1ccc(N2CCOCC2)cc1. The summed E-state index contributed by atoms with van der Waals surface area (Å²) in [7, 11) is 0. The topological polar surface area (TPSA) is 50.8 Å². The predicted octanol–water partition coefficient (Wildman–Crippen LogP) is 3.94. The zero-order valence-electron chi connectivity index (χ0n) is 16.3. The maximum absolute atomic E-state index is 12.6. The van der Waals surface area contributed by atoms with E-state index in [9.17, 15) is 4.79 Å². The van der Waals surface area contributed by atoms with Crippen molar-refractivity contribution in [3.05, 3.63) is 53.6 Å². The lowest BCUT2D eigenvalue weighted by Gasteiger charge is -2.29. The van der Waals surface area contributed by atoms with Gasteiger partial charge in [-0.1, -0.05) is 13.0 Å². The maximum Gasteiger partial charge on any atom is 0.265 e. The Bertz CT molecular complexity index is 768. The molecule has 1 heterocycles. The third-order valence-corrected chi connectivity index (χ3v) is 4.93. The van der Waals surface area contributed by atoms with Crippen LogP contribution in [0.5, 0.6) is 5.75 Å². The molecule has 0 bridgehead atoms. The van der Waals surface area contributed by atoms with Crippen molar-refractivity contribution >= 4 is 17.3 Å². The number of benzene rings is 2. The molecule has 1 fully saturated rings. The molecule has 1 aliphatic heterocycles. The van der Waals surface area contributed by atoms with Gasteiger partial charge >= 0.3 is 0 Å². The molecule has 0 aromatic heterocycles. The van der Waals surface area contributed by atoms with E-state index >= 15 is 0 Å². The van der Waals surface area contributed by atoms with Gasteiger partial charge in [-0.05, 0) is 67.8 Å². The summed E-state index contributed by atoms with van der Waals surface area (Å²) in [5.41, 5.74) is 4.29. The van der Waals surface area contributed by atoms with Crippen molar-refractivity contribution in [3.8, 4) is 5.75 Å². The number of nitrogens with one attached hydrogen (secondary N) is 1. The summed E-state index contributed by atoms with van der Waals surface area (Å²) >= 11 is 0. The van der Waals surface area contributed by atoms with Crippen LogP contribution in [-0.4, -0.2) is 38.3 Å². The summed E-state index contributed by atoms with van der Waals surface area (Å²) in [6, 6.07) is 13.8. The molecule has 1 atom stereocenters. The summed E-state index contributed by atoms with van der Waals surface area (Å²) in [4.78, 5) is 14.9. The van der Waals surface area contributed by atoms with Gasteiger partial charge < -0.3 is 19.7 Å². The Morgan fingerprint density at radius 1 is 1.11 bits per heavy atom. The number of morpholine rings is 1. The van der Waals surface area contributed by atoms with Crippen molar-refractivity contribution in [3.63, 3.8) is 0 Å². The average molecular weight is 368 g/mol. The van der Waals surface area contributed by atoms with E-state index in [0.29, 0.717) is 6.42 Å². The second-order valence-electron chi connectivity index (χ2n) is 6.90. The minimum Gasteiger partial charge on any atom is -0.481 e. The Hall–Kier alpha value is -2.53. The predicted molar refractivity (Wildman–Crippen MR) is 109 cm³/mol. The number of anilines is 2. The maximum atomic E-state index is 12.6. The molecule has 0 spiro atoms. The third-order valence-electron chi connectivity index (χ3n) is 4.93. The van der Waals surface area contributed by atoms with E-state index in [4.69, 9.17) is 9.47 Å². The second kappa shape index (κ2) is 8.91. The second-order valence-corrected chi connectivity index (χ2v) is 6.90. The van der Waals surface area contributed by atoms with Gasteiger partial charge in [0.1, 0.15) is 5.75 Å². The summed E-state index contributed by atoms with van der Waals surface area (Å²) in [5.74, 6) is 0.595. The van der Waals surface area contributed by atoms with Crippen LogP contribution < -0.4 is 15.0 Å². The molecular weight excluding hydrogens is 340 g/mol. The highest BCUT2D eigenvalue weighted by molar-refractivity contribution is 5.94. The van der Waals surface area contributed by atoms with Crippen LogP contribution in [-0.2, 0) is 9.53 Å². The summed E-state index contributed by atoms with van der Waals surface area (Å²) < 4.78 is 11.3. The van der Waals surface area contributed by atoms with E-state index in [1.807, 2.05) is 56.3 Å². The summed E-state index contributed by atoms with van der Waals surface area (Å²) in [6.07, 6.45) is 0.0796. The highest BCUT2D eigenvalue weighted by Crippen LogP contribution is 2.21. The molecule has 0 aliphatic carbocycles. The van der Waals surface area contributed by atoms with Crippen molar-refractivity contribution in [2.24, 2.45) is 0 Å².